The predicted molar refractivity (Wildman–Crippen MR) is 90.3 cm³/mol. The summed E-state index contributed by atoms with van der Waals surface area (Å²) in [5, 5.41) is 0. The first kappa shape index (κ1) is 16.0. The van der Waals surface area contributed by atoms with Gasteiger partial charge in [0.15, 0.2) is 0 Å². The molecule has 122 valence electrons. The largest absolute Gasteiger partial charge is 0.496 e. The van der Waals surface area contributed by atoms with Gasteiger partial charge in [0.25, 0.3) is 0 Å². The summed E-state index contributed by atoms with van der Waals surface area (Å²) in [7, 11) is 1.73. The number of hydrogen-bond donors (Lipinski definition) is 0. The SMILES string of the molecule is COc1ccccc1CN(Cc1cccnc1)C[C@H]1CCOC1. The smallest absolute Gasteiger partial charge is 0.123 e. The third-order valence-electron chi connectivity index (χ3n) is 4.26. The number of nitrogens with zero attached hydrogens (tertiary/aromatic N) is 2. The van der Waals surface area contributed by atoms with Crippen LogP contribution in [0.2, 0.25) is 0 Å². The Balaban J connectivity index is 1.73. The lowest BCUT2D eigenvalue weighted by Crippen LogP contribution is -2.29. The van der Waals surface area contributed by atoms with Crippen LogP contribution in [0.3, 0.4) is 0 Å². The Morgan fingerprint density at radius 1 is 1.22 bits per heavy atom. The average molecular weight is 312 g/mol. The number of rotatable bonds is 7. The van der Waals surface area contributed by atoms with E-state index >= 15 is 0 Å². The van der Waals surface area contributed by atoms with E-state index in [2.05, 4.69) is 28.1 Å². The molecule has 1 aliphatic heterocycles. The van der Waals surface area contributed by atoms with Crippen LogP contribution in [0.25, 0.3) is 0 Å². The van der Waals surface area contributed by atoms with Crippen LogP contribution in [0.15, 0.2) is 48.8 Å². The molecule has 1 atom stereocenters. The van der Waals surface area contributed by atoms with E-state index in [0.29, 0.717) is 5.92 Å². The van der Waals surface area contributed by atoms with E-state index < -0.39 is 0 Å². The summed E-state index contributed by atoms with van der Waals surface area (Å²) < 4.78 is 11.0. The molecule has 0 unspecified atom stereocenters. The van der Waals surface area contributed by atoms with E-state index in [0.717, 1.165) is 45.0 Å². The van der Waals surface area contributed by atoms with Crippen molar-refractivity contribution in [1.29, 1.82) is 0 Å². The highest BCUT2D eigenvalue weighted by atomic mass is 16.5. The Morgan fingerprint density at radius 2 is 2.13 bits per heavy atom. The van der Waals surface area contributed by atoms with Gasteiger partial charge >= 0.3 is 0 Å². The molecule has 0 saturated carbocycles. The fourth-order valence-corrected chi connectivity index (χ4v) is 3.10. The zero-order chi connectivity index (χ0) is 15.9. The van der Waals surface area contributed by atoms with Crippen molar-refractivity contribution in [2.45, 2.75) is 19.5 Å². The third kappa shape index (κ3) is 4.53. The summed E-state index contributed by atoms with van der Waals surface area (Å²) in [6.45, 7) is 4.56. The molecule has 3 rings (SSSR count). The molecule has 0 bridgehead atoms. The van der Waals surface area contributed by atoms with Gasteiger partial charge in [-0.2, -0.15) is 0 Å². The molecule has 23 heavy (non-hydrogen) atoms. The number of para-hydroxylation sites is 1. The van der Waals surface area contributed by atoms with E-state index in [1.807, 2.05) is 30.6 Å². The van der Waals surface area contributed by atoms with Gasteiger partial charge in [0, 0.05) is 44.2 Å². The molecule has 4 nitrogen and oxygen atoms in total. The van der Waals surface area contributed by atoms with Crippen LogP contribution < -0.4 is 4.74 Å². The molecule has 4 heteroatoms. The van der Waals surface area contributed by atoms with Gasteiger partial charge in [0.1, 0.15) is 5.75 Å². The molecule has 0 aliphatic carbocycles. The monoisotopic (exact) mass is 312 g/mol. The third-order valence-corrected chi connectivity index (χ3v) is 4.26. The molecule has 2 aromatic rings. The molecule has 1 aliphatic rings. The Hall–Kier alpha value is -1.91. The minimum absolute atomic E-state index is 0.612. The first-order valence-corrected chi connectivity index (χ1v) is 8.16. The zero-order valence-electron chi connectivity index (χ0n) is 13.6. The van der Waals surface area contributed by atoms with Crippen LogP contribution in [0.1, 0.15) is 17.5 Å². The molecule has 0 N–H and O–H groups in total. The lowest BCUT2D eigenvalue weighted by atomic mass is 10.1. The fourth-order valence-electron chi connectivity index (χ4n) is 3.10. The summed E-state index contributed by atoms with van der Waals surface area (Å²) in [5.74, 6) is 1.56. The van der Waals surface area contributed by atoms with Crippen molar-refractivity contribution < 1.29 is 9.47 Å². The van der Waals surface area contributed by atoms with Crippen molar-refractivity contribution in [1.82, 2.24) is 9.88 Å². The van der Waals surface area contributed by atoms with Gasteiger partial charge in [-0.3, -0.25) is 9.88 Å². The summed E-state index contributed by atoms with van der Waals surface area (Å²) in [6.07, 6.45) is 4.91. The second-order valence-electron chi connectivity index (χ2n) is 6.07. The number of ether oxygens (including phenoxy) is 2. The first-order valence-electron chi connectivity index (χ1n) is 8.16. The summed E-state index contributed by atoms with van der Waals surface area (Å²) >= 11 is 0. The fraction of sp³-hybridized carbons (Fsp3) is 0.421. The molecule has 1 aromatic heterocycles. The van der Waals surface area contributed by atoms with Crippen LogP contribution in [-0.2, 0) is 17.8 Å². The molecule has 0 radical (unpaired) electrons. The van der Waals surface area contributed by atoms with Gasteiger partial charge in [-0.1, -0.05) is 24.3 Å². The van der Waals surface area contributed by atoms with Crippen molar-refractivity contribution in [2.24, 2.45) is 5.92 Å². The second kappa shape index (κ2) is 8.09. The quantitative estimate of drug-likeness (QED) is 0.787. The zero-order valence-corrected chi connectivity index (χ0v) is 13.6. The van der Waals surface area contributed by atoms with Crippen molar-refractivity contribution in [3.05, 3.63) is 59.9 Å². The van der Waals surface area contributed by atoms with Crippen LogP contribution in [0.5, 0.6) is 5.75 Å². The van der Waals surface area contributed by atoms with Crippen molar-refractivity contribution in [3.63, 3.8) is 0 Å². The maximum absolute atomic E-state index is 5.54. The highest BCUT2D eigenvalue weighted by Crippen LogP contribution is 2.22. The molecular formula is C19H24N2O2. The Bertz CT molecular complexity index is 597. The summed E-state index contributed by atoms with van der Waals surface area (Å²) in [6, 6.07) is 12.4. The van der Waals surface area contributed by atoms with Gasteiger partial charge in [-0.25, -0.2) is 0 Å². The van der Waals surface area contributed by atoms with Crippen molar-refractivity contribution >= 4 is 0 Å². The minimum atomic E-state index is 0.612. The molecule has 1 fully saturated rings. The van der Waals surface area contributed by atoms with Gasteiger partial charge in [-0.15, -0.1) is 0 Å². The lowest BCUT2D eigenvalue weighted by Gasteiger charge is -2.25. The highest BCUT2D eigenvalue weighted by molar-refractivity contribution is 5.33. The van der Waals surface area contributed by atoms with Crippen LogP contribution >= 0.6 is 0 Å². The maximum Gasteiger partial charge on any atom is 0.123 e. The average Bonchev–Trinajstić information content (AvgIpc) is 3.09. The first-order chi connectivity index (χ1) is 11.3. The van der Waals surface area contributed by atoms with Crippen molar-refractivity contribution in [3.8, 4) is 5.75 Å². The number of pyridine rings is 1. The molecular weight excluding hydrogens is 288 g/mol. The molecule has 2 heterocycles. The van der Waals surface area contributed by atoms with Crippen LogP contribution in [0, 0.1) is 5.92 Å². The highest BCUT2D eigenvalue weighted by Gasteiger charge is 2.20. The Labute approximate surface area is 138 Å². The molecule has 0 amide bonds. The molecule has 1 saturated heterocycles. The van der Waals surface area contributed by atoms with Gasteiger partial charge in [0.05, 0.1) is 13.7 Å². The predicted octanol–water partition coefficient (Wildman–Crippen LogP) is 3.13. The van der Waals surface area contributed by atoms with Gasteiger partial charge in [0.2, 0.25) is 0 Å². The standard InChI is InChI=1S/C19H24N2O2/c1-22-19-7-3-2-6-18(19)14-21(13-17-8-10-23-15-17)12-16-5-4-9-20-11-16/h2-7,9,11,17H,8,10,12-15H2,1H3/t17-/m1/s1. The number of methoxy groups -OCH3 is 1. The second-order valence-corrected chi connectivity index (χ2v) is 6.07. The summed E-state index contributed by atoms with van der Waals surface area (Å²) in [5.41, 5.74) is 2.46. The molecule has 1 aromatic carbocycles. The summed E-state index contributed by atoms with van der Waals surface area (Å²) in [4.78, 5) is 6.70. The normalized spacial score (nSPS) is 17.6. The Kier molecular flexibility index (Phi) is 5.61. The number of hydrogen-bond acceptors (Lipinski definition) is 4. The van der Waals surface area contributed by atoms with E-state index in [1.54, 1.807) is 7.11 Å². The minimum Gasteiger partial charge on any atom is -0.496 e. The van der Waals surface area contributed by atoms with E-state index in [9.17, 15) is 0 Å². The van der Waals surface area contributed by atoms with Crippen molar-refractivity contribution in [2.75, 3.05) is 26.9 Å². The molecule has 0 spiro atoms. The lowest BCUT2D eigenvalue weighted by molar-refractivity contribution is 0.161. The Morgan fingerprint density at radius 3 is 2.87 bits per heavy atom. The van der Waals surface area contributed by atoms with E-state index in [-0.39, 0.29) is 0 Å². The number of benzene rings is 1. The van der Waals surface area contributed by atoms with Crippen LogP contribution in [-0.4, -0.2) is 36.8 Å². The topological polar surface area (TPSA) is 34.6 Å². The van der Waals surface area contributed by atoms with E-state index in [1.165, 1.54) is 11.1 Å². The van der Waals surface area contributed by atoms with Gasteiger partial charge in [-0.05, 0) is 30.0 Å². The van der Waals surface area contributed by atoms with E-state index in [4.69, 9.17) is 9.47 Å². The van der Waals surface area contributed by atoms with Crippen LogP contribution in [0.4, 0.5) is 0 Å². The number of aromatic nitrogens is 1. The van der Waals surface area contributed by atoms with Gasteiger partial charge < -0.3 is 9.47 Å². The maximum atomic E-state index is 5.54.